The van der Waals surface area contributed by atoms with Crippen molar-refractivity contribution in [1.29, 1.82) is 0 Å². The van der Waals surface area contributed by atoms with E-state index in [0.29, 0.717) is 0 Å². The van der Waals surface area contributed by atoms with Crippen LogP contribution in [0.4, 0.5) is 0 Å². The molecular formula is C11H18. The SMILES string of the molecule is CC[C@H]1C2C=CC(C2)[C@@H]1CC. The summed E-state index contributed by atoms with van der Waals surface area (Å²) >= 11 is 0. The van der Waals surface area contributed by atoms with Crippen molar-refractivity contribution in [2.24, 2.45) is 23.7 Å². The smallest absolute Gasteiger partial charge is 0.0197 e. The van der Waals surface area contributed by atoms with E-state index in [1.54, 1.807) is 0 Å². The molecular weight excluding hydrogens is 132 g/mol. The van der Waals surface area contributed by atoms with Crippen LogP contribution in [0.2, 0.25) is 0 Å². The molecule has 0 spiro atoms. The minimum absolute atomic E-state index is 0.954. The van der Waals surface area contributed by atoms with Crippen molar-refractivity contribution < 1.29 is 0 Å². The predicted octanol–water partition coefficient (Wildman–Crippen LogP) is 3.24. The molecule has 0 amide bonds. The Balaban J connectivity index is 2.15. The van der Waals surface area contributed by atoms with Crippen LogP contribution in [0.25, 0.3) is 0 Å². The number of fused-ring (bicyclic) bond motifs is 2. The topological polar surface area (TPSA) is 0 Å². The molecule has 0 heteroatoms. The second-order valence-electron chi connectivity index (χ2n) is 4.09. The molecule has 4 atom stereocenters. The maximum Gasteiger partial charge on any atom is -0.0197 e. The van der Waals surface area contributed by atoms with Crippen LogP contribution >= 0.6 is 0 Å². The minimum atomic E-state index is 0.954. The fourth-order valence-electron chi connectivity index (χ4n) is 3.24. The highest BCUT2D eigenvalue weighted by Crippen LogP contribution is 2.50. The van der Waals surface area contributed by atoms with Gasteiger partial charge in [0.2, 0.25) is 0 Å². The quantitative estimate of drug-likeness (QED) is 0.530. The molecule has 0 N–H and O–H groups in total. The Morgan fingerprint density at radius 2 is 1.45 bits per heavy atom. The van der Waals surface area contributed by atoms with Crippen LogP contribution in [0.3, 0.4) is 0 Å². The number of rotatable bonds is 2. The number of hydrogen-bond acceptors (Lipinski definition) is 0. The fourth-order valence-corrected chi connectivity index (χ4v) is 3.24. The predicted molar refractivity (Wildman–Crippen MR) is 48.3 cm³/mol. The molecule has 2 bridgehead atoms. The Hall–Kier alpha value is -0.260. The maximum absolute atomic E-state index is 2.46. The van der Waals surface area contributed by atoms with Gasteiger partial charge in [-0.25, -0.2) is 0 Å². The standard InChI is InChI=1S/C11H18/c1-3-10-8-5-6-9(7-8)11(10)4-2/h5-6,8-11H,3-4,7H2,1-2H3/t8?,9?,10-,11-/m0/s1. The van der Waals surface area contributed by atoms with Gasteiger partial charge in [-0.3, -0.25) is 0 Å². The molecule has 0 aliphatic heterocycles. The van der Waals surface area contributed by atoms with Crippen LogP contribution in [0.15, 0.2) is 12.2 Å². The molecule has 1 saturated carbocycles. The van der Waals surface area contributed by atoms with E-state index >= 15 is 0 Å². The lowest BCUT2D eigenvalue weighted by molar-refractivity contribution is 0.292. The number of allylic oxidation sites excluding steroid dienone is 2. The Kier molecular flexibility index (Phi) is 1.78. The van der Waals surface area contributed by atoms with Gasteiger partial charge in [0.1, 0.15) is 0 Å². The monoisotopic (exact) mass is 150 g/mol. The molecule has 2 aliphatic rings. The molecule has 0 radical (unpaired) electrons. The van der Waals surface area contributed by atoms with E-state index in [2.05, 4.69) is 26.0 Å². The summed E-state index contributed by atoms with van der Waals surface area (Å²) in [5.74, 6) is 3.95. The molecule has 62 valence electrons. The highest BCUT2D eigenvalue weighted by Gasteiger charge is 2.41. The zero-order valence-corrected chi connectivity index (χ0v) is 7.59. The van der Waals surface area contributed by atoms with Gasteiger partial charge in [-0.1, -0.05) is 38.8 Å². The zero-order valence-electron chi connectivity index (χ0n) is 7.59. The van der Waals surface area contributed by atoms with Crippen LogP contribution in [0, 0.1) is 23.7 Å². The minimum Gasteiger partial charge on any atom is -0.0848 e. The Labute approximate surface area is 69.7 Å². The van der Waals surface area contributed by atoms with Gasteiger partial charge in [0.15, 0.2) is 0 Å². The summed E-state index contributed by atoms with van der Waals surface area (Å²) in [7, 11) is 0. The van der Waals surface area contributed by atoms with Crippen LogP contribution in [0.5, 0.6) is 0 Å². The van der Waals surface area contributed by atoms with Crippen molar-refractivity contribution in [3.05, 3.63) is 12.2 Å². The van der Waals surface area contributed by atoms with Crippen molar-refractivity contribution >= 4 is 0 Å². The summed E-state index contributed by atoms with van der Waals surface area (Å²) in [6.45, 7) is 4.70. The molecule has 0 saturated heterocycles. The van der Waals surface area contributed by atoms with E-state index in [1.807, 2.05) is 0 Å². The molecule has 2 unspecified atom stereocenters. The maximum atomic E-state index is 2.46. The van der Waals surface area contributed by atoms with E-state index in [-0.39, 0.29) is 0 Å². The summed E-state index contributed by atoms with van der Waals surface area (Å²) < 4.78 is 0. The second kappa shape index (κ2) is 2.66. The van der Waals surface area contributed by atoms with Gasteiger partial charge in [0.05, 0.1) is 0 Å². The largest absolute Gasteiger partial charge is 0.0848 e. The highest BCUT2D eigenvalue weighted by molar-refractivity contribution is 5.12. The van der Waals surface area contributed by atoms with Crippen LogP contribution in [-0.4, -0.2) is 0 Å². The third-order valence-electron chi connectivity index (χ3n) is 3.74. The Morgan fingerprint density at radius 3 is 1.82 bits per heavy atom. The van der Waals surface area contributed by atoms with E-state index in [9.17, 15) is 0 Å². The summed E-state index contributed by atoms with van der Waals surface area (Å²) in [5.41, 5.74) is 0. The van der Waals surface area contributed by atoms with Crippen molar-refractivity contribution in [2.45, 2.75) is 33.1 Å². The second-order valence-corrected chi connectivity index (χ2v) is 4.09. The van der Waals surface area contributed by atoms with Crippen molar-refractivity contribution in [2.75, 3.05) is 0 Å². The van der Waals surface area contributed by atoms with Gasteiger partial charge < -0.3 is 0 Å². The van der Waals surface area contributed by atoms with Gasteiger partial charge in [0.25, 0.3) is 0 Å². The van der Waals surface area contributed by atoms with Crippen molar-refractivity contribution in [3.63, 3.8) is 0 Å². The molecule has 2 aliphatic carbocycles. The lowest BCUT2D eigenvalue weighted by atomic mass is 9.80. The molecule has 0 aromatic rings. The molecule has 0 aromatic carbocycles. The Bertz CT molecular complexity index is 151. The van der Waals surface area contributed by atoms with Gasteiger partial charge in [0, 0.05) is 0 Å². The first-order valence-corrected chi connectivity index (χ1v) is 5.05. The van der Waals surface area contributed by atoms with E-state index in [1.165, 1.54) is 19.3 Å². The third kappa shape index (κ3) is 0.953. The van der Waals surface area contributed by atoms with Gasteiger partial charge >= 0.3 is 0 Å². The van der Waals surface area contributed by atoms with E-state index in [4.69, 9.17) is 0 Å². The number of hydrogen-bond donors (Lipinski definition) is 0. The Morgan fingerprint density at radius 1 is 1.00 bits per heavy atom. The summed E-state index contributed by atoms with van der Waals surface area (Å²) in [5, 5.41) is 0. The van der Waals surface area contributed by atoms with Crippen molar-refractivity contribution in [3.8, 4) is 0 Å². The average molecular weight is 150 g/mol. The molecule has 0 nitrogen and oxygen atoms in total. The first-order valence-electron chi connectivity index (χ1n) is 5.05. The van der Waals surface area contributed by atoms with Crippen LogP contribution < -0.4 is 0 Å². The summed E-state index contributed by atoms with van der Waals surface area (Å²) in [6.07, 6.45) is 9.18. The van der Waals surface area contributed by atoms with E-state index < -0.39 is 0 Å². The third-order valence-corrected chi connectivity index (χ3v) is 3.74. The highest BCUT2D eigenvalue weighted by atomic mass is 14.5. The van der Waals surface area contributed by atoms with Gasteiger partial charge in [-0.05, 0) is 30.1 Å². The molecule has 1 fully saturated rings. The lowest BCUT2D eigenvalue weighted by Gasteiger charge is -2.25. The lowest BCUT2D eigenvalue weighted by Crippen LogP contribution is -2.17. The normalized spacial score (nSPS) is 47.1. The van der Waals surface area contributed by atoms with Crippen molar-refractivity contribution in [1.82, 2.24) is 0 Å². The van der Waals surface area contributed by atoms with Crippen LogP contribution in [-0.2, 0) is 0 Å². The van der Waals surface area contributed by atoms with E-state index in [0.717, 1.165) is 23.7 Å². The summed E-state index contributed by atoms with van der Waals surface area (Å²) in [6, 6.07) is 0. The molecule has 0 aromatic heterocycles. The fraction of sp³-hybridized carbons (Fsp3) is 0.818. The van der Waals surface area contributed by atoms with Gasteiger partial charge in [-0.15, -0.1) is 0 Å². The molecule has 0 heterocycles. The van der Waals surface area contributed by atoms with Crippen LogP contribution in [0.1, 0.15) is 33.1 Å². The summed E-state index contributed by atoms with van der Waals surface area (Å²) in [4.78, 5) is 0. The zero-order chi connectivity index (χ0) is 7.84. The van der Waals surface area contributed by atoms with Gasteiger partial charge in [-0.2, -0.15) is 0 Å². The average Bonchev–Trinajstić information content (AvgIpc) is 2.60. The first kappa shape index (κ1) is 7.39. The molecule has 2 rings (SSSR count). The molecule has 11 heavy (non-hydrogen) atoms. The first-order chi connectivity index (χ1) is 5.36.